The molecule has 5 rings (SSSR count). The maximum absolute atomic E-state index is 13.3. The van der Waals surface area contributed by atoms with Gasteiger partial charge in [0.25, 0.3) is 0 Å². The van der Waals surface area contributed by atoms with Gasteiger partial charge < -0.3 is 4.98 Å². The molecule has 1 atom stereocenters. The van der Waals surface area contributed by atoms with Gasteiger partial charge in [0, 0.05) is 48.7 Å². The minimum Gasteiger partial charge on any atom is -0.361 e. The van der Waals surface area contributed by atoms with E-state index in [1.165, 1.54) is 28.6 Å². The fourth-order valence-corrected chi connectivity index (χ4v) is 4.36. The molecule has 3 heterocycles. The Labute approximate surface area is 169 Å². The average molecular weight is 386 g/mol. The number of nitrogens with one attached hydrogen (secondary N) is 1. The summed E-state index contributed by atoms with van der Waals surface area (Å²) in [5, 5.41) is 1.25. The molecule has 0 amide bonds. The zero-order valence-electron chi connectivity index (χ0n) is 16.2. The Morgan fingerprint density at radius 1 is 1.03 bits per heavy atom. The Bertz CT molecular complexity index is 1120. The van der Waals surface area contributed by atoms with Crippen molar-refractivity contribution in [1.29, 1.82) is 0 Å². The number of rotatable bonds is 4. The minimum absolute atomic E-state index is 0.234. The van der Waals surface area contributed by atoms with Crippen LogP contribution in [0.4, 0.5) is 4.39 Å². The van der Waals surface area contributed by atoms with Gasteiger partial charge >= 0.3 is 0 Å². The van der Waals surface area contributed by atoms with Crippen molar-refractivity contribution in [3.63, 3.8) is 0 Å². The summed E-state index contributed by atoms with van der Waals surface area (Å²) in [6.07, 6.45) is 7.70. The highest BCUT2D eigenvalue weighted by Gasteiger charge is 2.25. The van der Waals surface area contributed by atoms with Crippen LogP contribution in [0.25, 0.3) is 22.2 Å². The number of halogens is 1. The first-order valence-electron chi connectivity index (χ1n) is 10.1. The second kappa shape index (κ2) is 7.76. The van der Waals surface area contributed by atoms with Crippen molar-refractivity contribution in [2.75, 3.05) is 13.1 Å². The summed E-state index contributed by atoms with van der Waals surface area (Å²) < 4.78 is 13.3. The number of likely N-dealkylation sites (tertiary alicyclic amines) is 1. The maximum atomic E-state index is 13.3. The van der Waals surface area contributed by atoms with E-state index >= 15 is 0 Å². The van der Waals surface area contributed by atoms with Gasteiger partial charge in [-0.3, -0.25) is 14.9 Å². The molecule has 0 aliphatic carbocycles. The first-order chi connectivity index (χ1) is 14.3. The normalized spacial score (nSPS) is 17.6. The summed E-state index contributed by atoms with van der Waals surface area (Å²) >= 11 is 0. The molecule has 1 aliphatic heterocycles. The molecular formula is C24H23FN4. The van der Waals surface area contributed by atoms with Crippen LogP contribution in [0.1, 0.15) is 30.0 Å². The van der Waals surface area contributed by atoms with Crippen molar-refractivity contribution < 1.29 is 4.39 Å². The van der Waals surface area contributed by atoms with E-state index in [9.17, 15) is 4.39 Å². The third kappa shape index (κ3) is 3.78. The van der Waals surface area contributed by atoms with E-state index in [2.05, 4.69) is 44.1 Å². The molecule has 146 valence electrons. The fourth-order valence-electron chi connectivity index (χ4n) is 4.36. The van der Waals surface area contributed by atoms with E-state index in [1.807, 2.05) is 6.20 Å². The molecule has 4 aromatic rings. The van der Waals surface area contributed by atoms with Gasteiger partial charge in [0.2, 0.25) is 0 Å². The van der Waals surface area contributed by atoms with Crippen LogP contribution in [-0.4, -0.2) is 32.9 Å². The van der Waals surface area contributed by atoms with Crippen LogP contribution in [0.15, 0.2) is 67.1 Å². The molecule has 5 heteroatoms. The van der Waals surface area contributed by atoms with Gasteiger partial charge in [0.15, 0.2) is 0 Å². The summed E-state index contributed by atoms with van der Waals surface area (Å²) in [5.41, 5.74) is 5.31. The Hall–Kier alpha value is -3.05. The van der Waals surface area contributed by atoms with Gasteiger partial charge in [-0.25, -0.2) is 4.39 Å². The number of aromatic amines is 1. The van der Waals surface area contributed by atoms with E-state index in [-0.39, 0.29) is 5.82 Å². The minimum atomic E-state index is -0.234. The predicted molar refractivity (Wildman–Crippen MR) is 113 cm³/mol. The number of H-pyrrole nitrogens is 1. The number of hydrogen-bond donors (Lipinski definition) is 1. The van der Waals surface area contributed by atoms with E-state index in [1.54, 1.807) is 24.5 Å². The zero-order chi connectivity index (χ0) is 19.6. The van der Waals surface area contributed by atoms with Crippen LogP contribution in [0.3, 0.4) is 0 Å². The van der Waals surface area contributed by atoms with Crippen molar-refractivity contribution in [2.24, 2.45) is 0 Å². The fraction of sp³-hybridized carbons (Fsp3) is 0.250. The summed E-state index contributed by atoms with van der Waals surface area (Å²) in [5.74, 6) is 0.0934. The van der Waals surface area contributed by atoms with Crippen LogP contribution in [-0.2, 0) is 6.54 Å². The van der Waals surface area contributed by atoms with E-state index in [0.717, 1.165) is 49.4 Å². The number of nitrogens with zero attached hydrogens (tertiary/aromatic N) is 3. The Balaban J connectivity index is 1.37. The number of hydrogen-bond acceptors (Lipinski definition) is 3. The van der Waals surface area contributed by atoms with Crippen LogP contribution in [0.5, 0.6) is 0 Å². The Morgan fingerprint density at radius 3 is 2.79 bits per heavy atom. The van der Waals surface area contributed by atoms with Crippen LogP contribution >= 0.6 is 0 Å². The SMILES string of the molecule is Fc1ccc(-c2nccnc2[C@H]2CCCN(Cc3ccc4[nH]ccc4c3)C2)cc1. The largest absolute Gasteiger partial charge is 0.361 e. The third-order valence-electron chi connectivity index (χ3n) is 5.76. The van der Waals surface area contributed by atoms with Crippen molar-refractivity contribution >= 4 is 10.9 Å². The monoisotopic (exact) mass is 386 g/mol. The summed E-state index contributed by atoms with van der Waals surface area (Å²) in [6.45, 7) is 2.98. The van der Waals surface area contributed by atoms with E-state index in [4.69, 9.17) is 0 Å². The smallest absolute Gasteiger partial charge is 0.123 e. The highest BCUT2D eigenvalue weighted by atomic mass is 19.1. The molecule has 0 unspecified atom stereocenters. The van der Waals surface area contributed by atoms with Crippen LogP contribution in [0.2, 0.25) is 0 Å². The Morgan fingerprint density at radius 2 is 1.90 bits per heavy atom. The van der Waals surface area contributed by atoms with Gasteiger partial charge in [-0.05, 0) is 72.8 Å². The lowest BCUT2D eigenvalue weighted by atomic mass is 9.91. The van der Waals surface area contributed by atoms with Crippen molar-refractivity contribution in [3.05, 3.63) is 84.2 Å². The van der Waals surface area contributed by atoms with Crippen LogP contribution in [0, 0.1) is 5.82 Å². The second-order valence-corrected chi connectivity index (χ2v) is 7.77. The molecule has 1 fully saturated rings. The molecule has 0 radical (unpaired) electrons. The molecule has 1 aliphatic rings. The molecule has 0 saturated carbocycles. The first-order valence-corrected chi connectivity index (χ1v) is 10.1. The van der Waals surface area contributed by atoms with Crippen LogP contribution < -0.4 is 0 Å². The molecule has 4 nitrogen and oxygen atoms in total. The number of piperidine rings is 1. The molecular weight excluding hydrogens is 363 g/mol. The highest BCUT2D eigenvalue weighted by Crippen LogP contribution is 2.32. The lowest BCUT2D eigenvalue weighted by Gasteiger charge is -2.33. The zero-order valence-corrected chi connectivity index (χ0v) is 16.2. The van der Waals surface area contributed by atoms with Gasteiger partial charge in [0.05, 0.1) is 11.4 Å². The second-order valence-electron chi connectivity index (χ2n) is 7.77. The lowest BCUT2D eigenvalue weighted by Crippen LogP contribution is -2.34. The quantitative estimate of drug-likeness (QED) is 0.528. The molecule has 1 N–H and O–H groups in total. The summed E-state index contributed by atoms with van der Waals surface area (Å²) in [6, 6.07) is 15.3. The predicted octanol–water partition coefficient (Wildman–Crippen LogP) is 5.14. The van der Waals surface area contributed by atoms with Gasteiger partial charge in [-0.1, -0.05) is 6.07 Å². The topological polar surface area (TPSA) is 44.8 Å². The number of aromatic nitrogens is 3. The van der Waals surface area contributed by atoms with E-state index in [0.29, 0.717) is 5.92 Å². The van der Waals surface area contributed by atoms with Gasteiger partial charge in [-0.2, -0.15) is 0 Å². The van der Waals surface area contributed by atoms with Crippen molar-refractivity contribution in [3.8, 4) is 11.3 Å². The molecule has 2 aromatic heterocycles. The van der Waals surface area contributed by atoms with E-state index < -0.39 is 0 Å². The average Bonchev–Trinajstić information content (AvgIpc) is 3.22. The molecule has 1 saturated heterocycles. The van der Waals surface area contributed by atoms with Gasteiger partial charge in [0.1, 0.15) is 5.82 Å². The van der Waals surface area contributed by atoms with Gasteiger partial charge in [-0.15, -0.1) is 0 Å². The summed E-state index contributed by atoms with van der Waals surface area (Å²) in [7, 11) is 0. The van der Waals surface area contributed by atoms with Crippen molar-refractivity contribution in [1.82, 2.24) is 19.9 Å². The lowest BCUT2D eigenvalue weighted by molar-refractivity contribution is 0.198. The summed E-state index contributed by atoms with van der Waals surface area (Å²) in [4.78, 5) is 15.0. The molecule has 29 heavy (non-hydrogen) atoms. The number of benzene rings is 2. The third-order valence-corrected chi connectivity index (χ3v) is 5.76. The number of fused-ring (bicyclic) bond motifs is 1. The van der Waals surface area contributed by atoms with Crippen molar-refractivity contribution in [2.45, 2.75) is 25.3 Å². The Kier molecular flexibility index (Phi) is 4.82. The molecule has 0 bridgehead atoms. The first kappa shape index (κ1) is 18.0. The molecule has 0 spiro atoms. The highest BCUT2D eigenvalue weighted by molar-refractivity contribution is 5.79. The standard InChI is InChI=1S/C24H23FN4/c25-21-6-4-18(5-7-21)23-24(28-12-11-27-23)20-2-1-13-29(16-20)15-17-3-8-22-19(14-17)9-10-26-22/h3-12,14,20,26H,1-2,13,15-16H2/t20-/m0/s1. The molecule has 2 aromatic carbocycles. The maximum Gasteiger partial charge on any atom is 0.123 e.